The fourth-order valence-electron chi connectivity index (χ4n) is 2.88. The molecular formula is C17H23NO7S. The molecule has 1 heterocycles. The molecule has 0 spiro atoms. The number of amides is 1. The molecule has 1 aromatic rings. The van der Waals surface area contributed by atoms with Gasteiger partial charge in [-0.25, -0.2) is 8.42 Å². The van der Waals surface area contributed by atoms with Crippen LogP contribution in [0.2, 0.25) is 0 Å². The molecule has 0 aliphatic carbocycles. The van der Waals surface area contributed by atoms with E-state index in [2.05, 4.69) is 0 Å². The number of likely N-dealkylation sites (tertiary alicyclic amines) is 1. The molecule has 9 heteroatoms. The molecule has 2 rings (SSSR count). The minimum absolute atomic E-state index is 0.0625. The highest BCUT2D eigenvalue weighted by Gasteiger charge is 2.28. The molecule has 1 N–H and O–H groups in total. The minimum Gasteiger partial charge on any atom is -0.493 e. The highest BCUT2D eigenvalue weighted by molar-refractivity contribution is 7.91. The van der Waals surface area contributed by atoms with E-state index in [1.54, 1.807) is 0 Å². The van der Waals surface area contributed by atoms with Crippen LogP contribution in [-0.4, -0.2) is 63.4 Å². The first-order valence-corrected chi connectivity index (χ1v) is 9.89. The summed E-state index contributed by atoms with van der Waals surface area (Å²) in [7, 11) is -0.781. The Labute approximate surface area is 152 Å². The molecule has 1 amide bonds. The van der Waals surface area contributed by atoms with Gasteiger partial charge in [-0.05, 0) is 25.0 Å². The Bertz CT molecular complexity index is 767. The third kappa shape index (κ3) is 4.66. The number of carboxylic acids is 1. The van der Waals surface area contributed by atoms with Crippen LogP contribution in [0.5, 0.6) is 11.5 Å². The van der Waals surface area contributed by atoms with Gasteiger partial charge < -0.3 is 19.5 Å². The molecule has 1 aliphatic rings. The highest BCUT2D eigenvalue weighted by Crippen LogP contribution is 2.30. The molecule has 144 valence electrons. The van der Waals surface area contributed by atoms with Crippen molar-refractivity contribution in [1.29, 1.82) is 0 Å². The molecule has 0 aromatic heterocycles. The average molecular weight is 385 g/mol. The van der Waals surface area contributed by atoms with Crippen molar-refractivity contribution in [3.05, 3.63) is 18.2 Å². The van der Waals surface area contributed by atoms with Gasteiger partial charge in [-0.3, -0.25) is 9.59 Å². The molecule has 1 saturated heterocycles. The Morgan fingerprint density at radius 2 is 1.77 bits per heavy atom. The number of aliphatic carboxylic acids is 1. The maximum Gasteiger partial charge on any atom is 0.306 e. The van der Waals surface area contributed by atoms with Gasteiger partial charge in [0.2, 0.25) is 5.91 Å². The van der Waals surface area contributed by atoms with Crippen molar-refractivity contribution < 1.29 is 32.6 Å². The van der Waals surface area contributed by atoms with Crippen molar-refractivity contribution in [2.24, 2.45) is 5.92 Å². The third-order valence-corrected chi connectivity index (χ3v) is 6.21. The van der Waals surface area contributed by atoms with Crippen molar-refractivity contribution in [3.8, 4) is 11.5 Å². The van der Waals surface area contributed by atoms with E-state index in [4.69, 9.17) is 14.6 Å². The topological polar surface area (TPSA) is 110 Å². The standard InChI is InChI=1S/C17H23NO7S/c1-24-14-4-3-13(11-15(14)25-2)26(22,23)10-7-16(19)18-8-5-12(6-9-18)17(20)21/h3-4,11-12H,5-10H2,1-2H3,(H,20,21). The molecule has 8 nitrogen and oxygen atoms in total. The second-order valence-corrected chi connectivity index (χ2v) is 8.19. The van der Waals surface area contributed by atoms with Crippen molar-refractivity contribution in [2.75, 3.05) is 33.1 Å². The summed E-state index contributed by atoms with van der Waals surface area (Å²) in [6.07, 6.45) is 0.640. The lowest BCUT2D eigenvalue weighted by molar-refractivity contribution is -0.145. The van der Waals surface area contributed by atoms with E-state index in [-0.39, 0.29) is 23.0 Å². The zero-order valence-corrected chi connectivity index (χ0v) is 15.6. The van der Waals surface area contributed by atoms with E-state index in [0.717, 1.165) is 0 Å². The number of rotatable bonds is 7. The molecule has 0 radical (unpaired) electrons. The maximum absolute atomic E-state index is 12.5. The van der Waals surface area contributed by atoms with Crippen LogP contribution in [-0.2, 0) is 19.4 Å². The predicted molar refractivity (Wildman–Crippen MR) is 93.2 cm³/mol. The summed E-state index contributed by atoms with van der Waals surface area (Å²) in [6, 6.07) is 4.29. The fraction of sp³-hybridized carbons (Fsp3) is 0.529. The van der Waals surface area contributed by atoms with Crippen molar-refractivity contribution >= 4 is 21.7 Å². The van der Waals surface area contributed by atoms with Gasteiger partial charge in [0.25, 0.3) is 0 Å². The van der Waals surface area contributed by atoms with Crippen LogP contribution < -0.4 is 9.47 Å². The van der Waals surface area contributed by atoms with Gasteiger partial charge in [0.15, 0.2) is 21.3 Å². The summed E-state index contributed by atoms with van der Waals surface area (Å²) in [5.74, 6) is -1.17. The fourth-order valence-corrected chi connectivity index (χ4v) is 4.12. The number of carboxylic acid groups (broad SMARTS) is 1. The Balaban J connectivity index is 1.98. The molecule has 1 aliphatic heterocycles. The summed E-state index contributed by atoms with van der Waals surface area (Å²) in [5, 5.41) is 8.98. The van der Waals surface area contributed by atoms with E-state index < -0.39 is 21.7 Å². The molecule has 26 heavy (non-hydrogen) atoms. The van der Waals surface area contributed by atoms with Crippen molar-refractivity contribution in [2.45, 2.75) is 24.2 Å². The van der Waals surface area contributed by atoms with Crippen molar-refractivity contribution in [1.82, 2.24) is 4.90 Å². The predicted octanol–water partition coefficient (Wildman–Crippen LogP) is 1.19. The number of piperidine rings is 1. The number of hydrogen-bond donors (Lipinski definition) is 1. The van der Waals surface area contributed by atoms with Crippen LogP contribution >= 0.6 is 0 Å². The summed E-state index contributed by atoms with van der Waals surface area (Å²) >= 11 is 0. The van der Waals surface area contributed by atoms with Crippen LogP contribution in [0.1, 0.15) is 19.3 Å². The number of ether oxygens (including phenoxy) is 2. The SMILES string of the molecule is COc1ccc(S(=O)(=O)CCC(=O)N2CCC(C(=O)O)CC2)cc1OC. The Hall–Kier alpha value is -2.29. The van der Waals surface area contributed by atoms with Crippen LogP contribution in [0.4, 0.5) is 0 Å². The number of sulfone groups is 1. The zero-order chi connectivity index (χ0) is 19.3. The van der Waals surface area contributed by atoms with E-state index in [9.17, 15) is 18.0 Å². The van der Waals surface area contributed by atoms with Crippen LogP contribution in [0, 0.1) is 5.92 Å². The molecular weight excluding hydrogens is 362 g/mol. The van der Waals surface area contributed by atoms with Gasteiger partial charge in [0.05, 0.1) is 30.8 Å². The minimum atomic E-state index is -3.65. The van der Waals surface area contributed by atoms with Gasteiger partial charge in [-0.15, -0.1) is 0 Å². The number of carbonyl (C=O) groups is 2. The summed E-state index contributed by atoms with van der Waals surface area (Å²) in [4.78, 5) is 24.8. The third-order valence-electron chi connectivity index (χ3n) is 4.50. The summed E-state index contributed by atoms with van der Waals surface area (Å²) in [6.45, 7) is 0.679. The van der Waals surface area contributed by atoms with Crippen molar-refractivity contribution in [3.63, 3.8) is 0 Å². The smallest absolute Gasteiger partial charge is 0.306 e. The Morgan fingerprint density at radius 3 is 2.31 bits per heavy atom. The number of carbonyl (C=O) groups excluding carboxylic acids is 1. The summed E-state index contributed by atoms with van der Waals surface area (Å²) in [5.41, 5.74) is 0. The first-order chi connectivity index (χ1) is 12.3. The monoisotopic (exact) mass is 385 g/mol. The van der Waals surface area contributed by atoms with Gasteiger partial charge >= 0.3 is 5.97 Å². The largest absolute Gasteiger partial charge is 0.493 e. The first-order valence-electron chi connectivity index (χ1n) is 8.24. The average Bonchev–Trinajstić information content (AvgIpc) is 2.65. The van der Waals surface area contributed by atoms with E-state index in [0.29, 0.717) is 37.4 Å². The van der Waals surface area contributed by atoms with Gasteiger partial charge in [-0.2, -0.15) is 0 Å². The lowest BCUT2D eigenvalue weighted by Crippen LogP contribution is -2.40. The molecule has 0 saturated carbocycles. The van der Waals surface area contributed by atoms with Crippen LogP contribution in [0.3, 0.4) is 0 Å². The number of nitrogens with zero attached hydrogens (tertiary/aromatic N) is 1. The Morgan fingerprint density at radius 1 is 1.15 bits per heavy atom. The normalized spacial score (nSPS) is 15.5. The van der Waals surface area contributed by atoms with E-state index in [1.807, 2.05) is 0 Å². The van der Waals surface area contributed by atoms with Gasteiger partial charge in [0.1, 0.15) is 0 Å². The first kappa shape index (κ1) is 20.0. The Kier molecular flexibility index (Phi) is 6.47. The molecule has 1 fully saturated rings. The van der Waals surface area contributed by atoms with Crippen LogP contribution in [0.25, 0.3) is 0 Å². The number of methoxy groups -OCH3 is 2. The van der Waals surface area contributed by atoms with E-state index >= 15 is 0 Å². The molecule has 0 atom stereocenters. The highest BCUT2D eigenvalue weighted by atomic mass is 32.2. The second kappa shape index (κ2) is 8.39. The second-order valence-electron chi connectivity index (χ2n) is 6.08. The quantitative estimate of drug-likeness (QED) is 0.750. The zero-order valence-electron chi connectivity index (χ0n) is 14.8. The molecule has 1 aromatic carbocycles. The van der Waals surface area contributed by atoms with Gasteiger partial charge in [0, 0.05) is 25.6 Å². The van der Waals surface area contributed by atoms with Crippen LogP contribution in [0.15, 0.2) is 23.1 Å². The molecule has 0 unspecified atom stereocenters. The number of benzene rings is 1. The molecule has 0 bridgehead atoms. The van der Waals surface area contributed by atoms with E-state index in [1.165, 1.54) is 37.3 Å². The number of hydrogen-bond acceptors (Lipinski definition) is 6. The lowest BCUT2D eigenvalue weighted by atomic mass is 9.97. The van der Waals surface area contributed by atoms with Gasteiger partial charge in [-0.1, -0.05) is 0 Å². The maximum atomic E-state index is 12.5. The lowest BCUT2D eigenvalue weighted by Gasteiger charge is -2.30. The summed E-state index contributed by atoms with van der Waals surface area (Å²) < 4.78 is 35.2.